The molecule has 2 aliphatic rings. The SMILES string of the molecule is C[C@@H](O)C#CC1(O)CC2CC(c3ncn(C)c3C(=O)Nc3ccc(F)c(Cl)c3)CC2C1. The molecule has 3 atom stereocenters. The molecule has 1 aromatic heterocycles. The molecular weight excluding hydrogens is 421 g/mol. The molecule has 0 bridgehead atoms. The molecule has 1 aromatic carbocycles. The van der Waals surface area contributed by atoms with Crippen molar-refractivity contribution in [1.29, 1.82) is 0 Å². The number of aromatic nitrogens is 2. The van der Waals surface area contributed by atoms with Gasteiger partial charge in [0.05, 0.1) is 17.0 Å². The molecule has 1 heterocycles. The van der Waals surface area contributed by atoms with Crippen LogP contribution in [0.25, 0.3) is 0 Å². The molecule has 2 aromatic rings. The normalized spacial score (nSPS) is 28.0. The van der Waals surface area contributed by atoms with Gasteiger partial charge in [-0.2, -0.15) is 0 Å². The fraction of sp³-hybridized carbons (Fsp3) is 0.478. The van der Waals surface area contributed by atoms with Crippen molar-refractivity contribution >= 4 is 23.2 Å². The van der Waals surface area contributed by atoms with Crippen molar-refractivity contribution in [3.8, 4) is 11.8 Å². The lowest BCUT2D eigenvalue weighted by Gasteiger charge is -2.19. The molecule has 2 aliphatic carbocycles. The van der Waals surface area contributed by atoms with Gasteiger partial charge in [-0.15, -0.1) is 0 Å². The van der Waals surface area contributed by atoms with Crippen molar-refractivity contribution in [1.82, 2.24) is 9.55 Å². The summed E-state index contributed by atoms with van der Waals surface area (Å²) in [6, 6.07) is 4.05. The number of anilines is 1. The van der Waals surface area contributed by atoms with Crippen LogP contribution in [-0.2, 0) is 7.05 Å². The number of halogens is 2. The van der Waals surface area contributed by atoms with E-state index in [0.717, 1.165) is 18.5 Å². The lowest BCUT2D eigenvalue weighted by Crippen LogP contribution is -2.24. The number of amides is 1. The van der Waals surface area contributed by atoms with E-state index in [1.807, 2.05) is 0 Å². The smallest absolute Gasteiger partial charge is 0.274 e. The van der Waals surface area contributed by atoms with Gasteiger partial charge < -0.3 is 20.1 Å². The number of aryl methyl sites for hydroxylation is 1. The highest BCUT2D eigenvalue weighted by Crippen LogP contribution is 2.53. The largest absolute Gasteiger partial charge is 0.381 e. The number of hydrogen-bond acceptors (Lipinski definition) is 4. The highest BCUT2D eigenvalue weighted by molar-refractivity contribution is 6.31. The first-order valence-electron chi connectivity index (χ1n) is 10.4. The Balaban J connectivity index is 1.49. The van der Waals surface area contributed by atoms with E-state index in [1.54, 1.807) is 24.9 Å². The summed E-state index contributed by atoms with van der Waals surface area (Å²) in [5.74, 6) is 5.36. The Morgan fingerprint density at radius 3 is 2.68 bits per heavy atom. The minimum Gasteiger partial charge on any atom is -0.381 e. The standard InChI is InChI=1S/C23H25ClFN3O3/c1-13(29)5-6-23(31)10-15-7-14(8-16(15)11-23)20-21(28(2)12-26-20)22(30)27-17-3-4-19(25)18(24)9-17/h3-4,9,12-16,29,31H,7-8,10-11H2,1-2H3,(H,27,30)/t13-,14?,15?,16?,23?/m1/s1. The Bertz CT molecular complexity index is 1060. The van der Waals surface area contributed by atoms with E-state index in [9.17, 15) is 19.4 Å². The van der Waals surface area contributed by atoms with Crippen molar-refractivity contribution in [3.05, 3.63) is 46.8 Å². The Kier molecular flexibility index (Phi) is 5.82. The molecule has 4 rings (SSSR count). The summed E-state index contributed by atoms with van der Waals surface area (Å²) in [4.78, 5) is 17.5. The quantitative estimate of drug-likeness (QED) is 0.631. The van der Waals surface area contributed by atoms with Gasteiger partial charge >= 0.3 is 0 Å². The first-order chi connectivity index (χ1) is 14.6. The van der Waals surface area contributed by atoms with E-state index >= 15 is 0 Å². The molecule has 2 fully saturated rings. The van der Waals surface area contributed by atoms with Gasteiger partial charge in [-0.1, -0.05) is 23.4 Å². The zero-order valence-corrected chi connectivity index (χ0v) is 18.2. The number of aliphatic hydroxyl groups excluding tert-OH is 1. The van der Waals surface area contributed by atoms with Gasteiger partial charge in [-0.3, -0.25) is 4.79 Å². The second kappa shape index (κ2) is 8.27. The lowest BCUT2D eigenvalue weighted by molar-refractivity contribution is 0.0973. The summed E-state index contributed by atoms with van der Waals surface area (Å²) < 4.78 is 15.1. The maximum Gasteiger partial charge on any atom is 0.274 e. The predicted molar refractivity (Wildman–Crippen MR) is 115 cm³/mol. The zero-order chi connectivity index (χ0) is 22.3. The summed E-state index contributed by atoms with van der Waals surface area (Å²) in [5.41, 5.74) is 0.563. The number of carbonyl (C=O) groups excluding carboxylic acids is 1. The molecule has 31 heavy (non-hydrogen) atoms. The Hall–Kier alpha value is -2.40. The second-order valence-corrected chi connectivity index (χ2v) is 9.15. The van der Waals surface area contributed by atoms with Gasteiger partial charge in [-0.25, -0.2) is 9.37 Å². The lowest BCUT2D eigenvalue weighted by atomic mass is 9.92. The van der Waals surface area contributed by atoms with Crippen molar-refractivity contribution in [2.24, 2.45) is 18.9 Å². The summed E-state index contributed by atoms with van der Waals surface area (Å²) in [6.07, 6.45) is 3.64. The molecule has 0 aliphatic heterocycles. The van der Waals surface area contributed by atoms with Gasteiger partial charge in [0.25, 0.3) is 5.91 Å². The number of rotatable bonds is 3. The zero-order valence-electron chi connectivity index (χ0n) is 17.4. The van der Waals surface area contributed by atoms with Crippen molar-refractivity contribution in [2.45, 2.75) is 50.2 Å². The molecule has 2 saturated carbocycles. The van der Waals surface area contributed by atoms with Crippen LogP contribution in [0.2, 0.25) is 5.02 Å². The van der Waals surface area contributed by atoms with Crippen molar-refractivity contribution in [2.75, 3.05) is 5.32 Å². The Morgan fingerprint density at radius 1 is 1.39 bits per heavy atom. The Labute approximate surface area is 185 Å². The molecule has 3 N–H and O–H groups in total. The summed E-state index contributed by atoms with van der Waals surface area (Å²) in [6.45, 7) is 1.58. The number of nitrogens with zero attached hydrogens (tertiary/aromatic N) is 2. The fourth-order valence-electron chi connectivity index (χ4n) is 5.01. The van der Waals surface area contributed by atoms with Crippen LogP contribution in [0.15, 0.2) is 24.5 Å². The monoisotopic (exact) mass is 445 g/mol. The number of hydrogen-bond donors (Lipinski definition) is 3. The molecule has 0 spiro atoms. The van der Waals surface area contributed by atoms with Crippen LogP contribution in [0.4, 0.5) is 10.1 Å². The van der Waals surface area contributed by atoms with E-state index < -0.39 is 17.5 Å². The molecule has 8 heteroatoms. The highest BCUT2D eigenvalue weighted by atomic mass is 35.5. The molecule has 6 nitrogen and oxygen atoms in total. The third-order valence-electron chi connectivity index (χ3n) is 6.30. The average Bonchev–Trinajstić information content (AvgIpc) is 3.34. The molecule has 0 radical (unpaired) electrons. The van der Waals surface area contributed by atoms with Crippen molar-refractivity contribution in [3.63, 3.8) is 0 Å². The fourth-order valence-corrected chi connectivity index (χ4v) is 5.20. The van der Waals surface area contributed by atoms with E-state index in [-0.39, 0.29) is 16.8 Å². The van der Waals surface area contributed by atoms with Crippen LogP contribution in [0.1, 0.15) is 54.7 Å². The van der Waals surface area contributed by atoms with E-state index in [0.29, 0.717) is 36.1 Å². The van der Waals surface area contributed by atoms with E-state index in [2.05, 4.69) is 22.1 Å². The number of aliphatic hydroxyl groups is 2. The van der Waals surface area contributed by atoms with Crippen LogP contribution >= 0.6 is 11.6 Å². The molecule has 164 valence electrons. The number of benzene rings is 1. The van der Waals surface area contributed by atoms with E-state index in [4.69, 9.17) is 11.6 Å². The summed E-state index contributed by atoms with van der Waals surface area (Å²) in [5, 5.41) is 22.8. The third-order valence-corrected chi connectivity index (χ3v) is 6.59. The summed E-state index contributed by atoms with van der Waals surface area (Å²) in [7, 11) is 1.77. The molecule has 1 amide bonds. The van der Waals surface area contributed by atoms with Gasteiger partial charge in [0, 0.05) is 18.7 Å². The van der Waals surface area contributed by atoms with Crippen LogP contribution in [0.3, 0.4) is 0 Å². The number of fused-ring (bicyclic) bond motifs is 1. The van der Waals surface area contributed by atoms with Crippen molar-refractivity contribution < 1.29 is 19.4 Å². The minimum absolute atomic E-state index is 0.0576. The summed E-state index contributed by atoms with van der Waals surface area (Å²) >= 11 is 5.82. The van der Waals surface area contributed by atoms with Crippen LogP contribution < -0.4 is 5.32 Å². The molecule has 0 saturated heterocycles. The number of imidazole rings is 1. The highest BCUT2D eigenvalue weighted by Gasteiger charge is 2.49. The predicted octanol–water partition coefficient (Wildman–Crippen LogP) is 3.48. The minimum atomic E-state index is -1.05. The van der Waals surface area contributed by atoms with E-state index in [1.165, 1.54) is 18.2 Å². The van der Waals surface area contributed by atoms with Gasteiger partial charge in [0.2, 0.25) is 0 Å². The third kappa shape index (κ3) is 4.47. The Morgan fingerprint density at radius 2 is 2.06 bits per heavy atom. The number of nitrogens with one attached hydrogen (secondary N) is 1. The molecule has 2 unspecified atom stereocenters. The first-order valence-corrected chi connectivity index (χ1v) is 10.7. The van der Waals surface area contributed by atoms with Gasteiger partial charge in [-0.05, 0) is 62.6 Å². The van der Waals surface area contributed by atoms with Crippen LogP contribution in [-0.4, -0.2) is 37.4 Å². The van der Waals surface area contributed by atoms with Crippen LogP contribution in [0.5, 0.6) is 0 Å². The van der Waals surface area contributed by atoms with Crippen LogP contribution in [0, 0.1) is 29.5 Å². The average molecular weight is 446 g/mol. The first kappa shape index (κ1) is 21.8. The topological polar surface area (TPSA) is 87.4 Å². The van der Waals surface area contributed by atoms with Gasteiger partial charge in [0.15, 0.2) is 0 Å². The molecular formula is C23H25ClFN3O3. The second-order valence-electron chi connectivity index (χ2n) is 8.75. The maximum absolute atomic E-state index is 13.4. The maximum atomic E-state index is 13.4. The number of carbonyl (C=O) groups is 1. The van der Waals surface area contributed by atoms with Gasteiger partial charge in [0.1, 0.15) is 23.2 Å².